The third kappa shape index (κ3) is 3.66. The molecule has 116 valence electrons. The Kier molecular flexibility index (Phi) is 5.18. The molecule has 0 aliphatic carbocycles. The minimum atomic E-state index is -1.04. The molecule has 0 saturated carbocycles. The van der Waals surface area contributed by atoms with Crippen molar-refractivity contribution in [2.45, 2.75) is 32.2 Å². The second-order valence-electron chi connectivity index (χ2n) is 4.78. The number of carboxylic acids is 1. The van der Waals surface area contributed by atoms with Gasteiger partial charge in [0, 0.05) is 0 Å². The van der Waals surface area contributed by atoms with Crippen molar-refractivity contribution in [3.05, 3.63) is 36.2 Å². The van der Waals surface area contributed by atoms with Gasteiger partial charge in [0.25, 0.3) is 5.91 Å². The SMILES string of the molecule is CCCCC(NC(=O)c1ccccc1-n1cnnn1)C(=O)O. The molecule has 0 aliphatic heterocycles. The minimum absolute atomic E-state index is 0.317. The average molecular weight is 303 g/mol. The molecule has 1 heterocycles. The van der Waals surface area contributed by atoms with Gasteiger partial charge in [-0.05, 0) is 29.0 Å². The maximum absolute atomic E-state index is 12.4. The van der Waals surface area contributed by atoms with Crippen LogP contribution < -0.4 is 5.32 Å². The molecule has 0 spiro atoms. The van der Waals surface area contributed by atoms with Crippen LogP contribution in [0, 0.1) is 0 Å². The predicted octanol–water partition coefficient (Wildman–Crippen LogP) is 1.04. The highest BCUT2D eigenvalue weighted by Gasteiger charge is 2.22. The standard InChI is InChI=1S/C14H17N5O3/c1-2-3-7-11(14(21)22)16-13(20)10-6-4-5-8-12(10)19-9-15-17-18-19/h4-6,8-9,11H,2-3,7H2,1H3,(H,16,20)(H,21,22). The Morgan fingerprint density at radius 1 is 1.36 bits per heavy atom. The lowest BCUT2D eigenvalue weighted by molar-refractivity contribution is -0.139. The van der Waals surface area contributed by atoms with Crippen LogP contribution in [0.4, 0.5) is 0 Å². The van der Waals surface area contributed by atoms with Gasteiger partial charge in [0.1, 0.15) is 12.4 Å². The second kappa shape index (κ2) is 7.30. The van der Waals surface area contributed by atoms with E-state index in [4.69, 9.17) is 0 Å². The summed E-state index contributed by atoms with van der Waals surface area (Å²) in [5, 5.41) is 22.6. The quantitative estimate of drug-likeness (QED) is 0.790. The highest BCUT2D eigenvalue weighted by molar-refractivity contribution is 5.99. The topological polar surface area (TPSA) is 110 Å². The molecule has 2 N–H and O–H groups in total. The summed E-state index contributed by atoms with van der Waals surface area (Å²) < 4.78 is 1.36. The maximum Gasteiger partial charge on any atom is 0.326 e. The van der Waals surface area contributed by atoms with Crippen LogP contribution >= 0.6 is 0 Å². The Morgan fingerprint density at radius 3 is 2.77 bits per heavy atom. The fourth-order valence-corrected chi connectivity index (χ4v) is 2.04. The Morgan fingerprint density at radius 2 is 2.14 bits per heavy atom. The summed E-state index contributed by atoms with van der Waals surface area (Å²) in [5.74, 6) is -1.50. The summed E-state index contributed by atoms with van der Waals surface area (Å²) in [6, 6.07) is 5.83. The first-order valence-corrected chi connectivity index (χ1v) is 6.99. The highest BCUT2D eigenvalue weighted by atomic mass is 16.4. The van der Waals surface area contributed by atoms with Crippen molar-refractivity contribution in [1.82, 2.24) is 25.5 Å². The predicted molar refractivity (Wildman–Crippen MR) is 77.6 cm³/mol. The molecular formula is C14H17N5O3. The second-order valence-corrected chi connectivity index (χ2v) is 4.78. The fourth-order valence-electron chi connectivity index (χ4n) is 2.04. The van der Waals surface area contributed by atoms with Crippen LogP contribution in [0.5, 0.6) is 0 Å². The molecule has 8 heteroatoms. The van der Waals surface area contributed by atoms with E-state index in [1.165, 1.54) is 11.0 Å². The van der Waals surface area contributed by atoms with E-state index < -0.39 is 17.9 Å². The number of aromatic nitrogens is 4. The number of nitrogens with zero attached hydrogens (tertiary/aromatic N) is 4. The van der Waals surface area contributed by atoms with Gasteiger partial charge in [-0.25, -0.2) is 4.79 Å². The normalized spacial score (nSPS) is 11.9. The first kappa shape index (κ1) is 15.6. The van der Waals surface area contributed by atoms with Crippen LogP contribution in [0.15, 0.2) is 30.6 Å². The number of hydrogen-bond donors (Lipinski definition) is 2. The van der Waals surface area contributed by atoms with Crippen molar-refractivity contribution in [2.75, 3.05) is 0 Å². The number of para-hydroxylation sites is 1. The molecule has 2 aromatic rings. The van der Waals surface area contributed by atoms with E-state index in [0.29, 0.717) is 17.7 Å². The van der Waals surface area contributed by atoms with E-state index in [1.54, 1.807) is 24.3 Å². The van der Waals surface area contributed by atoms with Gasteiger partial charge in [0.05, 0.1) is 11.3 Å². The molecule has 1 atom stereocenters. The Balaban J connectivity index is 2.21. The lowest BCUT2D eigenvalue weighted by Gasteiger charge is -2.15. The number of amides is 1. The van der Waals surface area contributed by atoms with Crippen molar-refractivity contribution in [2.24, 2.45) is 0 Å². The van der Waals surface area contributed by atoms with Gasteiger partial charge >= 0.3 is 5.97 Å². The number of rotatable bonds is 7. The lowest BCUT2D eigenvalue weighted by Crippen LogP contribution is -2.41. The van der Waals surface area contributed by atoms with Crippen molar-refractivity contribution in [1.29, 1.82) is 0 Å². The van der Waals surface area contributed by atoms with Gasteiger partial charge in [0.2, 0.25) is 0 Å². The van der Waals surface area contributed by atoms with Crippen LogP contribution in [0.3, 0.4) is 0 Å². The van der Waals surface area contributed by atoms with Crippen LogP contribution in [0.25, 0.3) is 5.69 Å². The first-order chi connectivity index (χ1) is 10.6. The highest BCUT2D eigenvalue weighted by Crippen LogP contribution is 2.13. The van der Waals surface area contributed by atoms with E-state index in [2.05, 4.69) is 20.8 Å². The van der Waals surface area contributed by atoms with Gasteiger partial charge in [-0.3, -0.25) is 4.79 Å². The first-order valence-electron chi connectivity index (χ1n) is 6.99. The zero-order valence-electron chi connectivity index (χ0n) is 12.1. The number of tetrazole rings is 1. The molecule has 2 rings (SSSR count). The van der Waals surface area contributed by atoms with E-state index in [0.717, 1.165) is 12.8 Å². The number of benzene rings is 1. The molecule has 0 saturated heterocycles. The van der Waals surface area contributed by atoms with Crippen LogP contribution in [0.1, 0.15) is 36.5 Å². The third-order valence-electron chi connectivity index (χ3n) is 3.19. The van der Waals surface area contributed by atoms with Crippen LogP contribution in [-0.2, 0) is 4.79 Å². The van der Waals surface area contributed by atoms with Crippen molar-refractivity contribution in [3.8, 4) is 5.69 Å². The van der Waals surface area contributed by atoms with Gasteiger partial charge in [-0.1, -0.05) is 31.9 Å². The van der Waals surface area contributed by atoms with Gasteiger partial charge in [-0.2, -0.15) is 4.68 Å². The van der Waals surface area contributed by atoms with Gasteiger partial charge < -0.3 is 10.4 Å². The molecule has 0 aliphatic rings. The van der Waals surface area contributed by atoms with Crippen molar-refractivity contribution < 1.29 is 14.7 Å². The average Bonchev–Trinajstić information content (AvgIpc) is 3.05. The molecule has 0 bridgehead atoms. The summed E-state index contributed by atoms with van der Waals surface area (Å²) in [6.45, 7) is 1.97. The summed E-state index contributed by atoms with van der Waals surface area (Å²) >= 11 is 0. The number of hydrogen-bond acceptors (Lipinski definition) is 5. The summed E-state index contributed by atoms with van der Waals surface area (Å²) in [6.07, 6.45) is 3.36. The largest absolute Gasteiger partial charge is 0.480 e. The summed E-state index contributed by atoms with van der Waals surface area (Å²) in [5.41, 5.74) is 0.808. The molecule has 1 amide bonds. The Labute approximate surface area is 127 Å². The number of nitrogens with one attached hydrogen (secondary N) is 1. The number of aliphatic carboxylic acids is 1. The molecular weight excluding hydrogens is 286 g/mol. The van der Waals surface area contributed by atoms with Crippen molar-refractivity contribution in [3.63, 3.8) is 0 Å². The van der Waals surface area contributed by atoms with E-state index in [1.807, 2.05) is 6.92 Å². The van der Waals surface area contributed by atoms with Crippen molar-refractivity contribution >= 4 is 11.9 Å². The zero-order valence-corrected chi connectivity index (χ0v) is 12.1. The molecule has 0 radical (unpaired) electrons. The number of carbonyl (C=O) groups is 2. The Hall–Kier alpha value is -2.77. The smallest absolute Gasteiger partial charge is 0.326 e. The van der Waals surface area contributed by atoms with E-state index >= 15 is 0 Å². The fraction of sp³-hybridized carbons (Fsp3) is 0.357. The maximum atomic E-state index is 12.4. The molecule has 1 aromatic carbocycles. The molecule has 0 fully saturated rings. The molecule has 1 unspecified atom stereocenters. The number of carbonyl (C=O) groups excluding carboxylic acids is 1. The third-order valence-corrected chi connectivity index (χ3v) is 3.19. The molecule has 22 heavy (non-hydrogen) atoms. The minimum Gasteiger partial charge on any atom is -0.480 e. The summed E-state index contributed by atoms with van der Waals surface area (Å²) in [7, 11) is 0. The van der Waals surface area contributed by atoms with Gasteiger partial charge in [-0.15, -0.1) is 5.10 Å². The van der Waals surface area contributed by atoms with E-state index in [-0.39, 0.29) is 0 Å². The molecule has 1 aromatic heterocycles. The monoisotopic (exact) mass is 303 g/mol. The lowest BCUT2D eigenvalue weighted by atomic mass is 10.1. The zero-order chi connectivity index (χ0) is 15.9. The Bertz CT molecular complexity index is 642. The number of carboxylic acid groups (broad SMARTS) is 1. The number of unbranched alkanes of at least 4 members (excludes halogenated alkanes) is 1. The van der Waals surface area contributed by atoms with Crippen LogP contribution in [-0.4, -0.2) is 43.2 Å². The summed E-state index contributed by atoms with van der Waals surface area (Å²) in [4.78, 5) is 23.6. The van der Waals surface area contributed by atoms with Crippen LogP contribution in [0.2, 0.25) is 0 Å². The molecule has 8 nitrogen and oxygen atoms in total. The van der Waals surface area contributed by atoms with E-state index in [9.17, 15) is 14.7 Å². The van der Waals surface area contributed by atoms with Gasteiger partial charge in [0.15, 0.2) is 0 Å².